The number of anilines is 1. The predicted molar refractivity (Wildman–Crippen MR) is 93.3 cm³/mol. The van der Waals surface area contributed by atoms with Crippen molar-refractivity contribution >= 4 is 28.4 Å². The van der Waals surface area contributed by atoms with Gasteiger partial charge in [-0.3, -0.25) is 9.00 Å². The third-order valence-electron chi connectivity index (χ3n) is 3.31. The average molecular weight is 345 g/mol. The summed E-state index contributed by atoms with van der Waals surface area (Å²) in [6.07, 6.45) is -0.971. The summed E-state index contributed by atoms with van der Waals surface area (Å²) >= 11 is 0. The van der Waals surface area contributed by atoms with Gasteiger partial charge in [-0.25, -0.2) is 4.79 Å². The number of ether oxygens (including phenoxy) is 1. The van der Waals surface area contributed by atoms with Crippen molar-refractivity contribution in [3.05, 3.63) is 60.2 Å². The molecule has 0 aliphatic rings. The summed E-state index contributed by atoms with van der Waals surface area (Å²) in [5.41, 5.74) is 0.843. The molecule has 0 aromatic heterocycles. The minimum Gasteiger partial charge on any atom is -0.449 e. The number of rotatable bonds is 6. The SMILES string of the molecule is CC[S@@](=O)c1ccccc1C(=O)O[C@@H](C)C(=O)Nc1ccccc1. The maximum Gasteiger partial charge on any atom is 0.340 e. The minimum atomic E-state index is -1.28. The third kappa shape index (κ3) is 4.52. The van der Waals surface area contributed by atoms with E-state index in [0.29, 0.717) is 16.3 Å². The van der Waals surface area contributed by atoms with Crippen molar-refractivity contribution in [2.24, 2.45) is 0 Å². The van der Waals surface area contributed by atoms with E-state index in [1.165, 1.54) is 6.92 Å². The van der Waals surface area contributed by atoms with Crippen LogP contribution in [0.5, 0.6) is 0 Å². The van der Waals surface area contributed by atoms with Crippen molar-refractivity contribution in [3.63, 3.8) is 0 Å². The lowest BCUT2D eigenvalue weighted by molar-refractivity contribution is -0.123. The van der Waals surface area contributed by atoms with E-state index in [0.717, 1.165) is 0 Å². The molecule has 0 radical (unpaired) electrons. The van der Waals surface area contributed by atoms with Crippen LogP contribution in [0, 0.1) is 0 Å². The summed E-state index contributed by atoms with van der Waals surface area (Å²) in [5.74, 6) is -0.694. The van der Waals surface area contributed by atoms with Crippen LogP contribution >= 0.6 is 0 Å². The average Bonchev–Trinajstić information content (AvgIpc) is 2.61. The van der Waals surface area contributed by atoms with E-state index in [-0.39, 0.29) is 5.56 Å². The van der Waals surface area contributed by atoms with Gasteiger partial charge >= 0.3 is 5.97 Å². The Morgan fingerprint density at radius 3 is 2.38 bits per heavy atom. The molecular formula is C18H19NO4S. The molecular weight excluding hydrogens is 326 g/mol. The van der Waals surface area contributed by atoms with E-state index < -0.39 is 28.8 Å². The molecule has 5 nitrogen and oxygen atoms in total. The molecule has 0 heterocycles. The number of carbonyl (C=O) groups is 2. The number of amides is 1. The molecule has 2 aromatic rings. The fourth-order valence-electron chi connectivity index (χ4n) is 2.03. The molecule has 0 aliphatic carbocycles. The summed E-state index contributed by atoms with van der Waals surface area (Å²) < 4.78 is 17.2. The Hall–Kier alpha value is -2.47. The topological polar surface area (TPSA) is 72.5 Å². The van der Waals surface area contributed by atoms with E-state index in [9.17, 15) is 13.8 Å². The first-order valence-corrected chi connectivity index (χ1v) is 8.89. The van der Waals surface area contributed by atoms with Crippen LogP contribution in [-0.4, -0.2) is 27.9 Å². The van der Waals surface area contributed by atoms with Gasteiger partial charge in [-0.05, 0) is 31.2 Å². The summed E-state index contributed by atoms with van der Waals surface area (Å²) in [5, 5.41) is 2.67. The van der Waals surface area contributed by atoms with Crippen molar-refractivity contribution in [2.75, 3.05) is 11.1 Å². The number of nitrogens with one attached hydrogen (secondary N) is 1. The van der Waals surface area contributed by atoms with E-state index in [4.69, 9.17) is 4.74 Å². The zero-order valence-corrected chi connectivity index (χ0v) is 14.3. The zero-order valence-electron chi connectivity index (χ0n) is 13.5. The molecule has 0 saturated heterocycles. The first kappa shape index (κ1) is 17.9. The van der Waals surface area contributed by atoms with Gasteiger partial charge in [-0.15, -0.1) is 0 Å². The molecule has 0 spiro atoms. The third-order valence-corrected chi connectivity index (χ3v) is 4.68. The van der Waals surface area contributed by atoms with Gasteiger partial charge in [0.25, 0.3) is 5.91 Å². The standard InChI is InChI=1S/C18H19NO4S/c1-3-24(22)16-12-8-7-11-15(16)18(21)23-13(2)17(20)19-14-9-5-4-6-10-14/h4-13H,3H2,1-2H3,(H,19,20)/t13-,24+/m0/s1. The van der Waals surface area contributed by atoms with E-state index in [1.54, 1.807) is 55.5 Å². The number of benzene rings is 2. The van der Waals surface area contributed by atoms with Gasteiger partial charge in [-0.1, -0.05) is 37.3 Å². The van der Waals surface area contributed by atoms with Gasteiger partial charge in [0.05, 0.1) is 21.3 Å². The Kier molecular flexibility index (Phi) is 6.26. The number of hydrogen-bond acceptors (Lipinski definition) is 4. The first-order valence-electron chi connectivity index (χ1n) is 7.57. The molecule has 0 unspecified atom stereocenters. The fourth-order valence-corrected chi connectivity index (χ4v) is 2.97. The van der Waals surface area contributed by atoms with Crippen LogP contribution < -0.4 is 5.32 Å². The van der Waals surface area contributed by atoms with Gasteiger partial charge in [0.2, 0.25) is 0 Å². The van der Waals surface area contributed by atoms with Crippen LogP contribution in [0.25, 0.3) is 0 Å². The largest absolute Gasteiger partial charge is 0.449 e. The van der Waals surface area contributed by atoms with Crippen molar-refractivity contribution < 1.29 is 18.5 Å². The van der Waals surface area contributed by atoms with Gasteiger partial charge < -0.3 is 10.1 Å². The maximum absolute atomic E-state index is 12.3. The number of esters is 1. The lowest BCUT2D eigenvalue weighted by atomic mass is 10.2. The highest BCUT2D eigenvalue weighted by Gasteiger charge is 2.22. The normalized spacial score (nSPS) is 12.9. The van der Waals surface area contributed by atoms with Crippen LogP contribution in [0.1, 0.15) is 24.2 Å². The zero-order chi connectivity index (χ0) is 17.5. The quantitative estimate of drug-likeness (QED) is 0.817. The number of para-hydroxylation sites is 1. The number of carbonyl (C=O) groups excluding carboxylic acids is 2. The summed E-state index contributed by atoms with van der Waals surface area (Å²) in [7, 11) is -1.28. The first-order chi connectivity index (χ1) is 11.5. The van der Waals surface area contributed by atoms with Gasteiger partial charge in [-0.2, -0.15) is 0 Å². The molecule has 1 amide bonds. The Bertz CT molecular complexity index is 746. The molecule has 24 heavy (non-hydrogen) atoms. The van der Waals surface area contributed by atoms with E-state index in [1.807, 2.05) is 6.07 Å². The maximum atomic E-state index is 12.3. The molecule has 0 bridgehead atoms. The lowest BCUT2D eigenvalue weighted by Crippen LogP contribution is -2.30. The summed E-state index contributed by atoms with van der Waals surface area (Å²) in [4.78, 5) is 24.8. The Morgan fingerprint density at radius 2 is 1.71 bits per heavy atom. The molecule has 6 heteroatoms. The van der Waals surface area contributed by atoms with E-state index in [2.05, 4.69) is 5.32 Å². The van der Waals surface area contributed by atoms with Gasteiger partial charge in [0.15, 0.2) is 6.10 Å². The van der Waals surface area contributed by atoms with Crippen LogP contribution in [0.3, 0.4) is 0 Å². The molecule has 0 fully saturated rings. The molecule has 1 N–H and O–H groups in total. The molecule has 2 atom stereocenters. The highest BCUT2D eigenvalue weighted by molar-refractivity contribution is 7.85. The predicted octanol–water partition coefficient (Wildman–Crippen LogP) is 3.00. The highest BCUT2D eigenvalue weighted by atomic mass is 32.2. The second kappa shape index (κ2) is 8.40. The highest BCUT2D eigenvalue weighted by Crippen LogP contribution is 2.16. The van der Waals surface area contributed by atoms with Crippen LogP contribution in [0.15, 0.2) is 59.5 Å². The Morgan fingerprint density at radius 1 is 1.08 bits per heavy atom. The molecule has 126 valence electrons. The van der Waals surface area contributed by atoms with Crippen LogP contribution in [-0.2, 0) is 20.3 Å². The van der Waals surface area contributed by atoms with Gasteiger partial charge in [0, 0.05) is 11.4 Å². The second-order valence-corrected chi connectivity index (χ2v) is 6.74. The monoisotopic (exact) mass is 345 g/mol. The number of hydrogen-bond donors (Lipinski definition) is 1. The fraction of sp³-hybridized carbons (Fsp3) is 0.222. The summed E-state index contributed by atoms with van der Waals surface area (Å²) in [6.45, 7) is 3.27. The smallest absolute Gasteiger partial charge is 0.340 e. The Labute approximate surface area is 143 Å². The molecule has 0 aliphatic heterocycles. The van der Waals surface area contributed by atoms with Crippen molar-refractivity contribution in [1.29, 1.82) is 0 Å². The molecule has 0 saturated carbocycles. The summed E-state index contributed by atoms with van der Waals surface area (Å²) in [6, 6.07) is 15.5. The van der Waals surface area contributed by atoms with Crippen LogP contribution in [0.4, 0.5) is 5.69 Å². The molecule has 2 rings (SSSR count). The van der Waals surface area contributed by atoms with Crippen molar-refractivity contribution in [3.8, 4) is 0 Å². The Balaban J connectivity index is 2.06. The lowest BCUT2D eigenvalue weighted by Gasteiger charge is -2.14. The second-order valence-electron chi connectivity index (χ2n) is 5.03. The van der Waals surface area contributed by atoms with E-state index >= 15 is 0 Å². The van der Waals surface area contributed by atoms with Gasteiger partial charge in [0.1, 0.15) is 0 Å². The van der Waals surface area contributed by atoms with Crippen LogP contribution in [0.2, 0.25) is 0 Å². The van der Waals surface area contributed by atoms with Crippen molar-refractivity contribution in [1.82, 2.24) is 0 Å². The van der Waals surface area contributed by atoms with Crippen molar-refractivity contribution in [2.45, 2.75) is 24.8 Å². The minimum absolute atomic E-state index is 0.219. The molecule has 2 aromatic carbocycles.